The molecule has 27 heavy (non-hydrogen) atoms. The van der Waals surface area contributed by atoms with Crippen LogP contribution >= 0.6 is 0 Å². The van der Waals surface area contributed by atoms with E-state index in [0.29, 0.717) is 0 Å². The van der Waals surface area contributed by atoms with Crippen LogP contribution in [0, 0.1) is 23.7 Å². The normalized spacial score (nSPS) is 48.1. The number of carbonyl (C=O) groups is 2. The average Bonchev–Trinajstić information content (AvgIpc) is 3.36. The molecule has 2 heterocycles. The summed E-state index contributed by atoms with van der Waals surface area (Å²) in [5.41, 5.74) is -0.809. The second-order valence-electron chi connectivity index (χ2n) is 10.5. The first-order chi connectivity index (χ1) is 12.4. The van der Waals surface area contributed by atoms with Crippen molar-refractivity contribution in [1.82, 2.24) is 10.6 Å². The first-order valence-electron chi connectivity index (χ1n) is 10.4. The monoisotopic (exact) mass is 378 g/mol. The average molecular weight is 379 g/mol. The fraction of sp³-hybridized carbons (Fsp3) is 0.905. The number of nitrogens with one attached hydrogen (secondary N) is 2. The van der Waals surface area contributed by atoms with E-state index in [9.17, 15) is 9.59 Å². The van der Waals surface area contributed by atoms with Gasteiger partial charge >= 0.3 is 0 Å². The van der Waals surface area contributed by atoms with Crippen LogP contribution in [0.15, 0.2) is 0 Å². The number of hydrogen-bond donors (Lipinski definition) is 2. The van der Waals surface area contributed by atoms with Gasteiger partial charge in [-0.25, -0.2) is 0 Å². The third kappa shape index (κ3) is 3.51. The number of hydrogen-bond acceptors (Lipinski definition) is 4. The van der Waals surface area contributed by atoms with Crippen molar-refractivity contribution in [3.8, 4) is 0 Å². The van der Waals surface area contributed by atoms with Crippen molar-refractivity contribution in [1.29, 1.82) is 0 Å². The first kappa shape index (κ1) is 19.2. The summed E-state index contributed by atoms with van der Waals surface area (Å²) in [6.45, 7) is 12.2. The highest BCUT2D eigenvalue weighted by Gasteiger charge is 2.59. The molecular formula is C21H34N2O4. The van der Waals surface area contributed by atoms with Crippen molar-refractivity contribution >= 4 is 11.8 Å². The van der Waals surface area contributed by atoms with Crippen LogP contribution in [0.3, 0.4) is 0 Å². The van der Waals surface area contributed by atoms with Crippen LogP contribution in [0.25, 0.3) is 0 Å². The van der Waals surface area contributed by atoms with E-state index in [1.54, 1.807) is 0 Å². The molecule has 8 atom stereocenters. The van der Waals surface area contributed by atoms with Gasteiger partial charge in [0.1, 0.15) is 5.66 Å². The molecule has 0 radical (unpaired) electrons. The van der Waals surface area contributed by atoms with Gasteiger partial charge in [0.15, 0.2) is 0 Å². The summed E-state index contributed by atoms with van der Waals surface area (Å²) in [7, 11) is 0. The van der Waals surface area contributed by atoms with Crippen LogP contribution in [0.5, 0.6) is 0 Å². The maximum atomic E-state index is 12.9. The number of carbonyl (C=O) groups excluding carboxylic acids is 2. The van der Waals surface area contributed by atoms with Crippen LogP contribution in [-0.2, 0) is 19.1 Å². The topological polar surface area (TPSA) is 83.3 Å². The summed E-state index contributed by atoms with van der Waals surface area (Å²) < 4.78 is 11.5. The summed E-state index contributed by atoms with van der Waals surface area (Å²) in [4.78, 5) is 25.8. The lowest BCUT2D eigenvalue weighted by Crippen LogP contribution is -2.60. The highest BCUT2D eigenvalue weighted by molar-refractivity contribution is 5.83. The number of rotatable bonds is 4. The van der Waals surface area contributed by atoms with Gasteiger partial charge in [-0.15, -0.1) is 0 Å². The summed E-state index contributed by atoms with van der Waals surface area (Å²) >= 11 is 0. The highest BCUT2D eigenvalue weighted by Crippen LogP contribution is 2.52. The molecule has 0 aromatic heterocycles. The van der Waals surface area contributed by atoms with Gasteiger partial charge in [0.2, 0.25) is 11.8 Å². The van der Waals surface area contributed by atoms with Crippen LogP contribution in [0.4, 0.5) is 0 Å². The van der Waals surface area contributed by atoms with Crippen LogP contribution < -0.4 is 10.6 Å². The molecule has 2 N–H and O–H groups in total. The Balaban J connectivity index is 1.33. The van der Waals surface area contributed by atoms with Crippen molar-refractivity contribution in [3.05, 3.63) is 0 Å². The van der Waals surface area contributed by atoms with E-state index in [4.69, 9.17) is 9.47 Å². The summed E-state index contributed by atoms with van der Waals surface area (Å²) in [5.74, 6) is 0.471. The van der Waals surface area contributed by atoms with E-state index in [2.05, 4.69) is 38.3 Å². The Hall–Kier alpha value is -1.14. The van der Waals surface area contributed by atoms with Gasteiger partial charge in [-0.2, -0.15) is 0 Å². The predicted octanol–water partition coefficient (Wildman–Crippen LogP) is 2.36. The Bertz CT molecular complexity index is 611. The van der Waals surface area contributed by atoms with Gasteiger partial charge in [-0.05, 0) is 65.2 Å². The molecule has 0 spiro atoms. The smallest absolute Gasteiger partial charge is 0.225 e. The van der Waals surface area contributed by atoms with Crippen molar-refractivity contribution in [2.75, 3.05) is 0 Å². The fourth-order valence-corrected chi connectivity index (χ4v) is 5.59. The van der Waals surface area contributed by atoms with Crippen molar-refractivity contribution in [2.24, 2.45) is 23.7 Å². The second kappa shape index (κ2) is 5.93. The van der Waals surface area contributed by atoms with Gasteiger partial charge < -0.3 is 20.1 Å². The van der Waals surface area contributed by atoms with Gasteiger partial charge in [-0.3, -0.25) is 9.59 Å². The van der Waals surface area contributed by atoms with Crippen LogP contribution in [0.2, 0.25) is 0 Å². The van der Waals surface area contributed by atoms with E-state index < -0.39 is 5.66 Å². The molecule has 4 rings (SSSR count). The van der Waals surface area contributed by atoms with Crippen molar-refractivity contribution < 1.29 is 19.1 Å². The Morgan fingerprint density at radius 1 is 0.852 bits per heavy atom. The molecule has 0 bridgehead atoms. The lowest BCUT2D eigenvalue weighted by molar-refractivity contribution is -0.132. The maximum Gasteiger partial charge on any atom is 0.225 e. The third-order valence-electron chi connectivity index (χ3n) is 7.38. The second-order valence-corrected chi connectivity index (χ2v) is 10.5. The number of ether oxygens (including phenoxy) is 2. The van der Waals surface area contributed by atoms with Crippen LogP contribution in [0.1, 0.15) is 67.2 Å². The summed E-state index contributed by atoms with van der Waals surface area (Å²) in [5, 5.41) is 6.13. The van der Waals surface area contributed by atoms with Crippen molar-refractivity contribution in [3.63, 3.8) is 0 Å². The lowest BCUT2D eigenvalue weighted by atomic mass is 9.75. The molecule has 152 valence electrons. The Morgan fingerprint density at radius 2 is 1.22 bits per heavy atom. The van der Waals surface area contributed by atoms with Gasteiger partial charge in [0.25, 0.3) is 0 Å². The minimum Gasteiger partial charge on any atom is -0.366 e. The maximum absolute atomic E-state index is 12.9. The predicted molar refractivity (Wildman–Crippen MR) is 101 cm³/mol. The van der Waals surface area contributed by atoms with E-state index >= 15 is 0 Å². The van der Waals surface area contributed by atoms with E-state index in [-0.39, 0.29) is 58.9 Å². The molecule has 2 aliphatic carbocycles. The number of epoxide rings is 2. The summed E-state index contributed by atoms with van der Waals surface area (Å²) in [6.07, 6.45) is 3.79. The van der Waals surface area contributed by atoms with Crippen molar-refractivity contribution in [2.45, 2.75) is 96.3 Å². The SMILES string of the molecule is CC1CC2(C)OC2CC1C(=O)NC(C)(C)NC(=O)C1CC2OC2(C)CC1C. The summed E-state index contributed by atoms with van der Waals surface area (Å²) in [6, 6.07) is 0. The van der Waals surface area contributed by atoms with E-state index in [0.717, 1.165) is 25.7 Å². The zero-order chi connectivity index (χ0) is 19.8. The molecule has 4 fully saturated rings. The molecule has 4 aliphatic rings. The molecule has 0 aromatic rings. The number of fused-ring (bicyclic) bond motifs is 2. The molecule has 2 saturated carbocycles. The fourth-order valence-electron chi connectivity index (χ4n) is 5.59. The van der Waals surface area contributed by atoms with Crippen LogP contribution in [-0.4, -0.2) is 40.9 Å². The van der Waals surface area contributed by atoms with E-state index in [1.807, 2.05) is 13.8 Å². The quantitative estimate of drug-likeness (QED) is 0.581. The zero-order valence-electron chi connectivity index (χ0n) is 17.4. The molecule has 6 nitrogen and oxygen atoms in total. The first-order valence-corrected chi connectivity index (χ1v) is 10.4. The molecule has 2 saturated heterocycles. The number of amides is 2. The minimum absolute atomic E-state index is 0.0140. The van der Waals surface area contributed by atoms with Gasteiger partial charge in [0, 0.05) is 11.8 Å². The minimum atomic E-state index is -0.774. The van der Waals surface area contributed by atoms with Gasteiger partial charge in [-0.1, -0.05) is 13.8 Å². The Labute approximate surface area is 162 Å². The standard InChI is InChI=1S/C21H34N2O4/c1-11-9-20(5)15(26-20)7-13(11)17(24)22-19(3,4)23-18(25)14-8-16-21(6,27-16)10-12(14)2/h11-16H,7-10H2,1-6H3,(H,22,24)(H,23,25). The zero-order valence-corrected chi connectivity index (χ0v) is 17.4. The molecule has 2 aliphatic heterocycles. The Kier molecular flexibility index (Phi) is 4.21. The molecule has 6 heteroatoms. The molecule has 2 amide bonds. The Morgan fingerprint density at radius 3 is 1.59 bits per heavy atom. The molecular weight excluding hydrogens is 344 g/mol. The largest absolute Gasteiger partial charge is 0.366 e. The third-order valence-corrected chi connectivity index (χ3v) is 7.38. The highest BCUT2D eigenvalue weighted by atomic mass is 16.6. The molecule has 0 aromatic carbocycles. The lowest BCUT2D eigenvalue weighted by Gasteiger charge is -2.36. The van der Waals surface area contributed by atoms with Gasteiger partial charge in [0.05, 0.1) is 23.4 Å². The van der Waals surface area contributed by atoms with E-state index in [1.165, 1.54) is 0 Å². The molecule has 8 unspecified atom stereocenters.